The van der Waals surface area contributed by atoms with Crippen molar-refractivity contribution in [3.05, 3.63) is 48.0 Å². The largest absolute Gasteiger partial charge is 0.492 e. The molecule has 2 aromatic rings. The maximum atomic E-state index is 12.7. The van der Waals surface area contributed by atoms with Crippen LogP contribution in [0.5, 0.6) is 5.75 Å². The molecule has 2 aromatic carbocycles. The third-order valence-corrected chi connectivity index (χ3v) is 6.54. The molecule has 0 atom stereocenters. The molecule has 0 aromatic heterocycles. The molecule has 0 bridgehead atoms. The third kappa shape index (κ3) is 4.89. The molecule has 32 heavy (non-hydrogen) atoms. The Bertz CT molecular complexity index is 1150. The molecule has 0 saturated carbocycles. The molecule has 10 nitrogen and oxygen atoms in total. The van der Waals surface area contributed by atoms with Gasteiger partial charge < -0.3 is 10.1 Å². The fourth-order valence-electron chi connectivity index (χ4n) is 3.01. The lowest BCUT2D eigenvalue weighted by atomic mass is 10.1. The topological polar surface area (TPSA) is 125 Å². The summed E-state index contributed by atoms with van der Waals surface area (Å²) in [5, 5.41) is 3.82. The quantitative estimate of drug-likeness (QED) is 0.649. The Balaban J connectivity index is 1.81. The zero-order valence-corrected chi connectivity index (χ0v) is 18.7. The van der Waals surface area contributed by atoms with Crippen molar-refractivity contribution in [2.75, 3.05) is 31.0 Å². The van der Waals surface area contributed by atoms with Crippen LogP contribution in [0, 0.1) is 0 Å². The highest BCUT2D eigenvalue weighted by Crippen LogP contribution is 2.29. The van der Waals surface area contributed by atoms with E-state index in [0.717, 1.165) is 9.31 Å². The molecule has 0 radical (unpaired) electrons. The van der Waals surface area contributed by atoms with E-state index in [0.29, 0.717) is 5.69 Å². The molecule has 170 valence electrons. The van der Waals surface area contributed by atoms with Crippen LogP contribution < -0.4 is 20.5 Å². The van der Waals surface area contributed by atoms with E-state index in [1.807, 2.05) is 0 Å². The van der Waals surface area contributed by atoms with Crippen molar-refractivity contribution in [1.82, 2.24) is 9.73 Å². The number of sulfonamides is 1. The number of benzene rings is 2. The van der Waals surface area contributed by atoms with E-state index in [1.54, 1.807) is 25.1 Å². The fourth-order valence-corrected chi connectivity index (χ4v) is 4.06. The number of amides is 3. The summed E-state index contributed by atoms with van der Waals surface area (Å²) >= 11 is 0. The summed E-state index contributed by atoms with van der Waals surface area (Å²) in [5.74, 6) is -0.782. The summed E-state index contributed by atoms with van der Waals surface area (Å²) in [7, 11) is -0.975. The van der Waals surface area contributed by atoms with Crippen molar-refractivity contribution < 1.29 is 27.5 Å². The van der Waals surface area contributed by atoms with Gasteiger partial charge in [-0.05, 0) is 49.4 Å². The Hall–Kier alpha value is -3.44. The van der Waals surface area contributed by atoms with Crippen LogP contribution in [0.15, 0.2) is 47.4 Å². The van der Waals surface area contributed by atoms with E-state index in [2.05, 4.69) is 10.7 Å². The van der Waals surface area contributed by atoms with E-state index in [1.165, 1.54) is 38.4 Å². The van der Waals surface area contributed by atoms with Gasteiger partial charge in [-0.2, -0.15) is 0 Å². The smallest absolute Gasteiger partial charge is 0.255 e. The molecule has 2 N–H and O–H groups in total. The van der Waals surface area contributed by atoms with E-state index >= 15 is 0 Å². The first kappa shape index (κ1) is 23.2. The van der Waals surface area contributed by atoms with Crippen LogP contribution in [0.4, 0.5) is 11.4 Å². The minimum atomic E-state index is -3.80. The lowest BCUT2D eigenvalue weighted by Gasteiger charge is -2.27. The predicted octanol–water partition coefficient (Wildman–Crippen LogP) is 1.75. The standard InChI is InChI=1S/C21H24N4O6S/c1-4-31-17-10-7-15(13-18(17)32(29,30)24(2)3)22-21(28)14-5-8-16(9-6-14)25-20(27)12-11-19(26)23-25/h5-10,13H,4,11-12H2,1-3H3,(H,22,28)(H,23,26). The minimum absolute atomic E-state index is 0.0585. The van der Waals surface area contributed by atoms with Gasteiger partial charge in [0.25, 0.3) is 5.91 Å². The van der Waals surface area contributed by atoms with Crippen LogP contribution in [0.3, 0.4) is 0 Å². The molecule has 1 saturated heterocycles. The molecule has 3 rings (SSSR count). The van der Waals surface area contributed by atoms with Gasteiger partial charge in [-0.25, -0.2) is 17.7 Å². The number of carbonyl (C=O) groups is 3. The fraction of sp³-hybridized carbons (Fsp3) is 0.286. The average Bonchev–Trinajstić information content (AvgIpc) is 2.76. The van der Waals surface area contributed by atoms with E-state index in [9.17, 15) is 22.8 Å². The predicted molar refractivity (Wildman–Crippen MR) is 118 cm³/mol. The van der Waals surface area contributed by atoms with Gasteiger partial charge in [-0.15, -0.1) is 0 Å². The summed E-state index contributed by atoms with van der Waals surface area (Å²) < 4.78 is 31.8. The number of anilines is 2. The van der Waals surface area contributed by atoms with Gasteiger partial charge in [0, 0.05) is 38.2 Å². The zero-order valence-electron chi connectivity index (χ0n) is 17.9. The summed E-state index contributed by atoms with van der Waals surface area (Å²) in [5.41, 5.74) is 3.48. The molecular weight excluding hydrogens is 436 g/mol. The normalized spacial score (nSPS) is 14.3. The summed E-state index contributed by atoms with van der Waals surface area (Å²) in [4.78, 5) is 36.2. The number of hydrogen-bond donors (Lipinski definition) is 2. The van der Waals surface area contributed by atoms with Gasteiger partial charge in [0.2, 0.25) is 21.8 Å². The molecular formula is C21H24N4O6S. The lowest BCUT2D eigenvalue weighted by molar-refractivity contribution is -0.130. The monoisotopic (exact) mass is 460 g/mol. The van der Waals surface area contributed by atoms with Crippen LogP contribution in [0.25, 0.3) is 0 Å². The second-order valence-electron chi connectivity index (χ2n) is 7.15. The Morgan fingerprint density at radius 1 is 1.12 bits per heavy atom. The highest BCUT2D eigenvalue weighted by atomic mass is 32.2. The highest BCUT2D eigenvalue weighted by Gasteiger charge is 2.25. The summed E-state index contributed by atoms with van der Waals surface area (Å²) in [6.07, 6.45) is 0.257. The molecule has 1 heterocycles. The molecule has 1 aliphatic rings. The van der Waals surface area contributed by atoms with Gasteiger partial charge in [0.05, 0.1) is 12.3 Å². The molecule has 11 heteroatoms. The van der Waals surface area contributed by atoms with E-state index < -0.39 is 15.9 Å². The molecule has 1 fully saturated rings. The summed E-state index contributed by atoms with van der Waals surface area (Å²) in [6.45, 7) is 2.03. The number of ether oxygens (including phenoxy) is 1. The molecule has 0 spiro atoms. The van der Waals surface area contributed by atoms with Crippen molar-refractivity contribution in [3.8, 4) is 5.75 Å². The molecule has 0 aliphatic carbocycles. The van der Waals surface area contributed by atoms with Crippen molar-refractivity contribution in [3.63, 3.8) is 0 Å². The van der Waals surface area contributed by atoms with Gasteiger partial charge >= 0.3 is 0 Å². The van der Waals surface area contributed by atoms with Gasteiger partial charge in [0.1, 0.15) is 10.6 Å². The Labute approximate surface area is 186 Å². The van der Waals surface area contributed by atoms with Crippen LogP contribution in [-0.4, -0.2) is 51.1 Å². The second-order valence-corrected chi connectivity index (χ2v) is 9.27. The van der Waals surface area contributed by atoms with Crippen LogP contribution in [-0.2, 0) is 19.6 Å². The van der Waals surface area contributed by atoms with E-state index in [-0.39, 0.29) is 53.2 Å². The lowest BCUT2D eigenvalue weighted by Crippen LogP contribution is -2.50. The van der Waals surface area contributed by atoms with Crippen LogP contribution >= 0.6 is 0 Å². The van der Waals surface area contributed by atoms with E-state index in [4.69, 9.17) is 4.74 Å². The number of hydrogen-bond acceptors (Lipinski definition) is 6. The third-order valence-electron chi connectivity index (χ3n) is 4.70. The Kier molecular flexibility index (Phi) is 6.80. The number of rotatable bonds is 7. The van der Waals surface area contributed by atoms with Gasteiger partial charge in [-0.3, -0.25) is 19.8 Å². The van der Waals surface area contributed by atoms with Gasteiger partial charge in [0.15, 0.2) is 0 Å². The maximum Gasteiger partial charge on any atom is 0.255 e. The second kappa shape index (κ2) is 9.37. The first-order chi connectivity index (χ1) is 15.1. The first-order valence-electron chi connectivity index (χ1n) is 9.86. The number of carbonyl (C=O) groups excluding carboxylic acids is 3. The number of nitrogens with zero attached hydrogens (tertiary/aromatic N) is 2. The maximum absolute atomic E-state index is 12.7. The number of nitrogens with one attached hydrogen (secondary N) is 2. The van der Waals surface area contributed by atoms with Crippen molar-refractivity contribution in [1.29, 1.82) is 0 Å². The van der Waals surface area contributed by atoms with Crippen LogP contribution in [0.1, 0.15) is 30.1 Å². The zero-order chi connectivity index (χ0) is 23.5. The molecule has 0 unspecified atom stereocenters. The molecule has 3 amide bonds. The molecule has 1 aliphatic heterocycles. The minimum Gasteiger partial charge on any atom is -0.492 e. The Morgan fingerprint density at radius 2 is 1.81 bits per heavy atom. The summed E-state index contributed by atoms with van der Waals surface area (Å²) in [6, 6.07) is 10.5. The first-order valence-corrected chi connectivity index (χ1v) is 11.3. The average molecular weight is 461 g/mol. The van der Waals surface area contributed by atoms with Crippen molar-refractivity contribution >= 4 is 39.1 Å². The highest BCUT2D eigenvalue weighted by molar-refractivity contribution is 7.89. The van der Waals surface area contributed by atoms with Gasteiger partial charge in [-0.1, -0.05) is 0 Å². The van der Waals surface area contributed by atoms with Crippen molar-refractivity contribution in [2.24, 2.45) is 0 Å². The Morgan fingerprint density at radius 3 is 2.44 bits per heavy atom. The van der Waals surface area contributed by atoms with Crippen LogP contribution in [0.2, 0.25) is 0 Å². The van der Waals surface area contributed by atoms with Crippen molar-refractivity contribution in [2.45, 2.75) is 24.7 Å². The SMILES string of the molecule is CCOc1ccc(NC(=O)c2ccc(N3NC(=O)CCC3=O)cc2)cc1S(=O)(=O)N(C)C. The number of hydrazine groups is 1.